The molecule has 0 aliphatic heterocycles. The first-order valence-electron chi connectivity index (χ1n) is 34.3. The Labute approximate surface area is 573 Å². The van der Waals surface area contributed by atoms with Crippen LogP contribution in [0.15, 0.2) is 315 Å². The van der Waals surface area contributed by atoms with E-state index in [0.717, 1.165) is 99.8 Å². The molecule has 14 aromatic carbocycles. The smallest absolute Gasteiger partial charge is 0.238 e. The van der Waals surface area contributed by atoms with Gasteiger partial charge in [-0.3, -0.25) is 4.57 Å². The quantitative estimate of drug-likeness (QED) is 0.145. The van der Waals surface area contributed by atoms with Gasteiger partial charge in [0.15, 0.2) is 11.6 Å². The summed E-state index contributed by atoms with van der Waals surface area (Å²) in [6.07, 6.45) is 0. The molecule has 20 rings (SSSR count). The second-order valence-corrected chi connectivity index (χ2v) is 27.9. The fraction of sp³-hybridized carbons (Fsp3) is 0.0645. The number of aromatic nitrogens is 6. The Morgan fingerprint density at radius 2 is 0.545 bits per heavy atom. The van der Waals surface area contributed by atoms with Crippen LogP contribution in [0.4, 0.5) is 0 Å². The van der Waals surface area contributed by atoms with Gasteiger partial charge >= 0.3 is 0 Å². The lowest BCUT2D eigenvalue weighted by molar-refractivity contribution is 0.660. The summed E-state index contributed by atoms with van der Waals surface area (Å²) in [5.41, 5.74) is 30.2. The molecule has 0 atom stereocenters. The summed E-state index contributed by atoms with van der Waals surface area (Å²) in [6.45, 7) is 9.44. The van der Waals surface area contributed by atoms with Gasteiger partial charge in [-0.15, -0.1) is 0 Å². The average Bonchev–Trinajstić information content (AvgIpc) is 1.57. The Morgan fingerprint density at radius 1 is 0.212 bits per heavy atom. The van der Waals surface area contributed by atoms with Crippen molar-refractivity contribution < 1.29 is 0 Å². The molecule has 0 unspecified atom stereocenters. The van der Waals surface area contributed by atoms with Crippen LogP contribution in [0.25, 0.3) is 172 Å². The average molecular weight is 1270 g/mol. The van der Waals surface area contributed by atoms with E-state index in [9.17, 15) is 0 Å². The van der Waals surface area contributed by atoms with Crippen molar-refractivity contribution in [3.8, 4) is 107 Å². The zero-order valence-corrected chi connectivity index (χ0v) is 55.2. The molecule has 6 nitrogen and oxygen atoms in total. The van der Waals surface area contributed by atoms with Gasteiger partial charge in [-0.25, -0.2) is 4.98 Å². The maximum Gasteiger partial charge on any atom is 0.238 e. The highest BCUT2D eigenvalue weighted by Gasteiger charge is 2.37. The molecule has 18 aromatic rings. The fourth-order valence-corrected chi connectivity index (χ4v) is 16.7. The zero-order chi connectivity index (χ0) is 65.8. The van der Waals surface area contributed by atoms with Gasteiger partial charge in [-0.05, 0) is 162 Å². The molecular weight excluding hydrogens is 1200 g/mol. The summed E-state index contributed by atoms with van der Waals surface area (Å²) in [4.78, 5) is 16.5. The SMILES string of the molecule is CC1(C)c2ccccc2-c2ccc(-n3c4ccccc4c4cc(-c5ccc6c7ccc(-c8ccc9c(c8)c8ccccc8n9-c8ccc9c(c8)C(C)(C)c8ccccc8-9)cc7n(-c7nc(-c8ccc(-c9ccccc9)cc8)nc(-c8ccc(-c9ccccc9)cc8)n7)c6c5)ccc43)cc21. The van der Waals surface area contributed by atoms with Gasteiger partial charge in [0, 0.05) is 65.6 Å². The molecule has 0 spiro atoms. The Morgan fingerprint density at radius 3 is 1.00 bits per heavy atom. The number of hydrogen-bond donors (Lipinski definition) is 0. The van der Waals surface area contributed by atoms with Crippen molar-refractivity contribution in [3.05, 3.63) is 338 Å². The molecule has 2 aliphatic rings. The van der Waals surface area contributed by atoms with Crippen LogP contribution >= 0.6 is 0 Å². The maximum absolute atomic E-state index is 5.58. The largest absolute Gasteiger partial charge is 0.309 e. The molecule has 0 saturated carbocycles. The van der Waals surface area contributed by atoms with E-state index < -0.39 is 0 Å². The van der Waals surface area contributed by atoms with Crippen molar-refractivity contribution in [1.82, 2.24) is 28.7 Å². The topological polar surface area (TPSA) is 53.5 Å². The Hall–Kier alpha value is -12.5. The molecule has 0 radical (unpaired) electrons. The fourth-order valence-electron chi connectivity index (χ4n) is 16.7. The Kier molecular flexibility index (Phi) is 12.3. The first-order valence-corrected chi connectivity index (χ1v) is 34.3. The molecule has 6 heteroatoms. The second-order valence-electron chi connectivity index (χ2n) is 27.9. The third-order valence-electron chi connectivity index (χ3n) is 21.8. The maximum atomic E-state index is 5.58. The van der Waals surface area contributed by atoms with Crippen molar-refractivity contribution in [2.45, 2.75) is 38.5 Å². The zero-order valence-electron chi connectivity index (χ0n) is 55.2. The van der Waals surface area contributed by atoms with E-state index in [2.05, 4.69) is 357 Å². The van der Waals surface area contributed by atoms with Crippen molar-refractivity contribution in [2.75, 3.05) is 0 Å². The monoisotopic (exact) mass is 1260 g/mol. The van der Waals surface area contributed by atoms with Crippen LogP contribution in [0, 0.1) is 0 Å². The number of rotatable bonds is 9. The van der Waals surface area contributed by atoms with Gasteiger partial charge in [-0.1, -0.05) is 270 Å². The predicted molar refractivity (Wildman–Crippen MR) is 411 cm³/mol. The minimum atomic E-state index is -0.128. The lowest BCUT2D eigenvalue weighted by atomic mass is 9.82. The molecule has 0 saturated heterocycles. The van der Waals surface area contributed by atoms with Gasteiger partial charge in [0.1, 0.15) is 0 Å². The van der Waals surface area contributed by atoms with Gasteiger partial charge in [0.2, 0.25) is 5.95 Å². The third-order valence-corrected chi connectivity index (χ3v) is 21.8. The van der Waals surface area contributed by atoms with Gasteiger partial charge < -0.3 is 9.13 Å². The molecule has 466 valence electrons. The summed E-state index contributed by atoms with van der Waals surface area (Å²) >= 11 is 0. The molecule has 4 aromatic heterocycles. The van der Waals surface area contributed by atoms with Gasteiger partial charge in [0.25, 0.3) is 0 Å². The van der Waals surface area contributed by atoms with E-state index in [4.69, 9.17) is 15.0 Å². The number of hydrogen-bond acceptors (Lipinski definition) is 3. The minimum absolute atomic E-state index is 0.128. The predicted octanol–water partition coefficient (Wildman–Crippen LogP) is 23.8. The van der Waals surface area contributed by atoms with E-state index in [1.54, 1.807) is 0 Å². The van der Waals surface area contributed by atoms with E-state index in [1.165, 1.54) is 77.1 Å². The van der Waals surface area contributed by atoms with E-state index in [0.29, 0.717) is 17.6 Å². The van der Waals surface area contributed by atoms with Crippen LogP contribution in [0.2, 0.25) is 0 Å². The van der Waals surface area contributed by atoms with Crippen molar-refractivity contribution >= 4 is 65.4 Å². The molecule has 99 heavy (non-hydrogen) atoms. The minimum Gasteiger partial charge on any atom is -0.309 e. The lowest BCUT2D eigenvalue weighted by Gasteiger charge is -2.22. The first-order chi connectivity index (χ1) is 48.6. The highest BCUT2D eigenvalue weighted by Crippen LogP contribution is 2.52. The molecule has 0 amide bonds. The summed E-state index contributed by atoms with van der Waals surface area (Å²) in [6, 6.07) is 116. The first kappa shape index (κ1) is 56.8. The third kappa shape index (κ3) is 8.72. The molecule has 2 aliphatic carbocycles. The number of fused-ring (bicyclic) bond motifs is 15. The molecular formula is C93H64N6. The van der Waals surface area contributed by atoms with Crippen LogP contribution in [0.5, 0.6) is 0 Å². The molecule has 0 fully saturated rings. The van der Waals surface area contributed by atoms with Gasteiger partial charge in [-0.2, -0.15) is 9.97 Å². The van der Waals surface area contributed by atoms with Crippen molar-refractivity contribution in [1.29, 1.82) is 0 Å². The van der Waals surface area contributed by atoms with Crippen LogP contribution in [-0.4, -0.2) is 28.7 Å². The highest BCUT2D eigenvalue weighted by molar-refractivity contribution is 6.14. The van der Waals surface area contributed by atoms with Crippen molar-refractivity contribution in [2.24, 2.45) is 0 Å². The van der Waals surface area contributed by atoms with Crippen LogP contribution < -0.4 is 0 Å². The van der Waals surface area contributed by atoms with Crippen LogP contribution in [0.3, 0.4) is 0 Å². The summed E-state index contributed by atoms with van der Waals surface area (Å²) < 4.78 is 7.20. The van der Waals surface area contributed by atoms with Gasteiger partial charge in [0.05, 0.1) is 33.1 Å². The highest BCUT2D eigenvalue weighted by atomic mass is 15.2. The van der Waals surface area contributed by atoms with Crippen molar-refractivity contribution in [3.63, 3.8) is 0 Å². The molecule has 0 bridgehead atoms. The Balaban J connectivity index is 0.774. The summed E-state index contributed by atoms with van der Waals surface area (Å²) in [5.74, 6) is 1.70. The molecule has 4 heterocycles. The Bertz CT molecular complexity index is 6000. The second kappa shape index (κ2) is 21.5. The van der Waals surface area contributed by atoms with Crippen LogP contribution in [-0.2, 0) is 10.8 Å². The van der Waals surface area contributed by atoms with Crippen LogP contribution in [0.1, 0.15) is 49.9 Å². The summed E-state index contributed by atoms with van der Waals surface area (Å²) in [5, 5.41) is 7.01. The van der Waals surface area contributed by atoms with E-state index in [-0.39, 0.29) is 10.8 Å². The normalized spacial score (nSPS) is 13.4. The lowest BCUT2D eigenvalue weighted by Crippen LogP contribution is -2.15. The van der Waals surface area contributed by atoms with E-state index in [1.807, 2.05) is 0 Å². The van der Waals surface area contributed by atoms with E-state index >= 15 is 0 Å². The molecule has 0 N–H and O–H groups in total. The standard InChI is InChI=1S/C93H64N6/c1-92(2)79-27-15-11-23-69(79)71-47-43-67(55-81(71)92)97-83-29-17-13-25-73(83)77-51-63(41-49-85(77)97)65-39-45-75-76-46-40-66(64-42-50-86-78(52-64)74-26-14-18-30-84(74)98(86)68-44-48-72-70-24-12-16-28-80(70)93(3,4)82(72)56-68)54-88(76)99(87(75)53-65)91-95-89(61-35-31-59(32-36-61)57-19-7-5-8-20-57)94-90(96-91)62-37-33-60(34-38-62)58-21-9-6-10-22-58/h5-56H,1-4H3. The number of benzene rings is 14. The summed E-state index contributed by atoms with van der Waals surface area (Å²) in [7, 11) is 0. The number of nitrogens with zero attached hydrogens (tertiary/aromatic N) is 6. The number of para-hydroxylation sites is 2.